The van der Waals surface area contributed by atoms with E-state index in [4.69, 9.17) is 9.90 Å². The third kappa shape index (κ3) is 8.10. The number of amides is 1. The monoisotopic (exact) mass is 520 g/mol. The molecule has 1 aliphatic rings. The molecule has 2 aromatic carbocycles. The SMILES string of the molecule is CCNC(=O)c1ccc(N2CCNCC2)c(NS(=O)(=O)c2ccc(F)cc2)c1.O=C(O)C(F)(F)F. The molecule has 3 rings (SSSR count). The smallest absolute Gasteiger partial charge is 0.475 e. The minimum absolute atomic E-state index is 0.0522. The Morgan fingerprint density at radius 1 is 1.09 bits per heavy atom. The number of nitrogens with zero attached hydrogens (tertiary/aromatic N) is 1. The number of carbonyl (C=O) groups excluding carboxylic acids is 1. The summed E-state index contributed by atoms with van der Waals surface area (Å²) in [5.74, 6) is -3.55. The zero-order valence-corrected chi connectivity index (χ0v) is 19.3. The number of aliphatic carboxylic acids is 1. The molecule has 0 aromatic heterocycles. The van der Waals surface area contributed by atoms with E-state index in [1.807, 2.05) is 6.92 Å². The fourth-order valence-electron chi connectivity index (χ4n) is 3.02. The number of rotatable bonds is 6. The van der Waals surface area contributed by atoms with E-state index in [0.717, 1.165) is 25.2 Å². The lowest BCUT2D eigenvalue weighted by Crippen LogP contribution is -2.43. The molecule has 1 aliphatic heterocycles. The van der Waals surface area contributed by atoms with Gasteiger partial charge in [-0.1, -0.05) is 0 Å². The number of carbonyl (C=O) groups is 2. The number of sulfonamides is 1. The highest BCUT2D eigenvalue weighted by Crippen LogP contribution is 2.30. The van der Waals surface area contributed by atoms with Gasteiger partial charge in [-0.25, -0.2) is 17.6 Å². The second kappa shape index (κ2) is 11.8. The van der Waals surface area contributed by atoms with Gasteiger partial charge in [-0.3, -0.25) is 9.52 Å². The van der Waals surface area contributed by atoms with Crippen molar-refractivity contribution in [2.75, 3.05) is 42.3 Å². The topological polar surface area (TPSA) is 128 Å². The summed E-state index contributed by atoms with van der Waals surface area (Å²) in [5, 5.41) is 13.1. The minimum Gasteiger partial charge on any atom is -0.475 e. The molecular weight excluding hydrogens is 496 g/mol. The molecule has 9 nitrogen and oxygen atoms in total. The Bertz CT molecular complexity index is 1140. The number of hydrogen-bond donors (Lipinski definition) is 4. The van der Waals surface area contributed by atoms with Crippen LogP contribution in [0.15, 0.2) is 47.4 Å². The molecule has 14 heteroatoms. The molecular formula is C21H24F4N4O5S. The first kappa shape index (κ1) is 27.9. The Morgan fingerprint density at radius 3 is 2.17 bits per heavy atom. The molecule has 192 valence electrons. The van der Waals surface area contributed by atoms with Gasteiger partial charge in [0.05, 0.1) is 16.3 Å². The van der Waals surface area contributed by atoms with Crippen LogP contribution in [0.4, 0.5) is 28.9 Å². The van der Waals surface area contributed by atoms with Gasteiger partial charge in [0, 0.05) is 38.3 Å². The van der Waals surface area contributed by atoms with Crippen molar-refractivity contribution in [1.82, 2.24) is 10.6 Å². The fourth-order valence-corrected chi connectivity index (χ4v) is 4.09. The van der Waals surface area contributed by atoms with Crippen LogP contribution in [0.25, 0.3) is 0 Å². The van der Waals surface area contributed by atoms with Crippen LogP contribution in [0.1, 0.15) is 17.3 Å². The van der Waals surface area contributed by atoms with Gasteiger partial charge in [0.1, 0.15) is 5.82 Å². The Balaban J connectivity index is 0.000000540. The van der Waals surface area contributed by atoms with E-state index in [1.165, 1.54) is 18.2 Å². The van der Waals surface area contributed by atoms with Crippen molar-refractivity contribution in [3.63, 3.8) is 0 Å². The van der Waals surface area contributed by atoms with Gasteiger partial charge in [-0.05, 0) is 49.4 Å². The number of benzene rings is 2. The molecule has 0 aliphatic carbocycles. The first-order valence-electron chi connectivity index (χ1n) is 10.3. The van der Waals surface area contributed by atoms with Crippen molar-refractivity contribution >= 4 is 33.3 Å². The normalized spacial score (nSPS) is 13.9. The third-order valence-corrected chi connectivity index (χ3v) is 6.05. The van der Waals surface area contributed by atoms with E-state index in [2.05, 4.69) is 20.3 Å². The van der Waals surface area contributed by atoms with Gasteiger partial charge in [-0.15, -0.1) is 0 Å². The van der Waals surface area contributed by atoms with Crippen LogP contribution in [-0.4, -0.2) is 64.3 Å². The first-order chi connectivity index (χ1) is 16.3. The number of halogens is 4. The highest BCUT2D eigenvalue weighted by molar-refractivity contribution is 7.92. The number of carboxylic acid groups (broad SMARTS) is 1. The molecule has 0 bridgehead atoms. The average Bonchev–Trinajstić information content (AvgIpc) is 2.79. The summed E-state index contributed by atoms with van der Waals surface area (Å²) in [6, 6.07) is 9.55. The molecule has 0 saturated carbocycles. The van der Waals surface area contributed by atoms with Crippen LogP contribution < -0.4 is 20.3 Å². The zero-order valence-electron chi connectivity index (χ0n) is 18.5. The number of nitrogens with one attached hydrogen (secondary N) is 3. The number of carboxylic acids is 1. The van der Waals surface area contributed by atoms with Gasteiger partial charge >= 0.3 is 12.1 Å². The van der Waals surface area contributed by atoms with Crippen LogP contribution in [0.5, 0.6) is 0 Å². The largest absolute Gasteiger partial charge is 0.490 e. The van der Waals surface area contributed by atoms with E-state index in [1.54, 1.807) is 12.1 Å². The molecule has 0 spiro atoms. The third-order valence-electron chi connectivity index (χ3n) is 4.66. The predicted molar refractivity (Wildman–Crippen MR) is 120 cm³/mol. The van der Waals surface area contributed by atoms with Crippen LogP contribution in [0.3, 0.4) is 0 Å². The maximum atomic E-state index is 13.2. The summed E-state index contributed by atoms with van der Waals surface area (Å²) in [4.78, 5) is 23.1. The summed E-state index contributed by atoms with van der Waals surface area (Å²) in [6.07, 6.45) is -5.08. The van der Waals surface area contributed by atoms with E-state index >= 15 is 0 Å². The van der Waals surface area contributed by atoms with Crippen molar-refractivity contribution in [3.05, 3.63) is 53.8 Å². The van der Waals surface area contributed by atoms with Crippen molar-refractivity contribution in [2.24, 2.45) is 0 Å². The minimum atomic E-state index is -5.08. The quantitative estimate of drug-likeness (QED) is 0.431. The Hall–Kier alpha value is -3.39. The molecule has 2 aromatic rings. The summed E-state index contributed by atoms with van der Waals surface area (Å²) in [5.41, 5.74) is 1.37. The highest BCUT2D eigenvalue weighted by atomic mass is 32.2. The fraction of sp³-hybridized carbons (Fsp3) is 0.333. The van der Waals surface area contributed by atoms with E-state index in [0.29, 0.717) is 36.6 Å². The second-order valence-corrected chi connectivity index (χ2v) is 8.87. The molecule has 35 heavy (non-hydrogen) atoms. The molecule has 0 atom stereocenters. The van der Waals surface area contributed by atoms with E-state index in [9.17, 15) is 30.8 Å². The standard InChI is InChI=1S/C19H23FN4O3S.C2HF3O2/c1-2-22-19(25)14-3-8-18(24-11-9-21-10-12-24)17(13-14)23-28(26,27)16-6-4-15(20)5-7-16;3-2(4,5)1(6)7/h3-8,13,21,23H,2,9-12H2,1H3,(H,22,25);(H,6,7). The molecule has 0 unspecified atom stereocenters. The molecule has 1 fully saturated rings. The van der Waals surface area contributed by atoms with Crippen molar-refractivity contribution in [3.8, 4) is 0 Å². The zero-order chi connectivity index (χ0) is 26.2. The summed E-state index contributed by atoms with van der Waals surface area (Å²) < 4.78 is 73.0. The number of piperazine rings is 1. The summed E-state index contributed by atoms with van der Waals surface area (Å²) >= 11 is 0. The summed E-state index contributed by atoms with van der Waals surface area (Å²) in [6.45, 7) is 5.27. The van der Waals surface area contributed by atoms with Crippen molar-refractivity contribution in [2.45, 2.75) is 18.0 Å². The van der Waals surface area contributed by atoms with Gasteiger partial charge in [-0.2, -0.15) is 13.2 Å². The lowest BCUT2D eigenvalue weighted by atomic mass is 10.1. The molecule has 1 amide bonds. The van der Waals surface area contributed by atoms with Crippen LogP contribution in [0, 0.1) is 5.82 Å². The van der Waals surface area contributed by atoms with Gasteiger partial charge in [0.2, 0.25) is 0 Å². The number of anilines is 2. The maximum absolute atomic E-state index is 13.2. The number of alkyl halides is 3. The van der Waals surface area contributed by atoms with Gasteiger partial charge < -0.3 is 20.6 Å². The summed E-state index contributed by atoms with van der Waals surface area (Å²) in [7, 11) is -3.94. The van der Waals surface area contributed by atoms with Crippen LogP contribution in [0.2, 0.25) is 0 Å². The van der Waals surface area contributed by atoms with Crippen molar-refractivity contribution < 1.29 is 40.7 Å². The first-order valence-corrected chi connectivity index (χ1v) is 11.8. The van der Waals surface area contributed by atoms with Crippen LogP contribution in [-0.2, 0) is 14.8 Å². The van der Waals surface area contributed by atoms with Gasteiger partial charge in [0.25, 0.3) is 15.9 Å². The van der Waals surface area contributed by atoms with Crippen molar-refractivity contribution in [1.29, 1.82) is 0 Å². The molecule has 0 radical (unpaired) electrons. The predicted octanol–water partition coefficient (Wildman–Crippen LogP) is 2.42. The Kier molecular flexibility index (Phi) is 9.42. The number of hydrogen-bond acceptors (Lipinski definition) is 6. The Labute approximate surface area is 199 Å². The lowest BCUT2D eigenvalue weighted by Gasteiger charge is -2.31. The average molecular weight is 521 g/mol. The Morgan fingerprint density at radius 2 is 1.66 bits per heavy atom. The molecule has 1 saturated heterocycles. The second-order valence-electron chi connectivity index (χ2n) is 7.19. The van der Waals surface area contributed by atoms with E-state index < -0.39 is 28.0 Å². The van der Waals surface area contributed by atoms with Crippen LogP contribution >= 0.6 is 0 Å². The highest BCUT2D eigenvalue weighted by Gasteiger charge is 2.38. The molecule has 1 heterocycles. The van der Waals surface area contributed by atoms with Gasteiger partial charge in [0.15, 0.2) is 0 Å². The van der Waals surface area contributed by atoms with E-state index in [-0.39, 0.29) is 10.8 Å². The molecule has 4 N–H and O–H groups in total. The maximum Gasteiger partial charge on any atom is 0.490 e. The lowest BCUT2D eigenvalue weighted by molar-refractivity contribution is -0.192.